The van der Waals surface area contributed by atoms with Gasteiger partial charge >= 0.3 is 0 Å². The van der Waals surface area contributed by atoms with Gasteiger partial charge in [-0.25, -0.2) is 18.1 Å². The molecular formula is C25H25ClN6O3S. The topological polar surface area (TPSA) is 120 Å². The van der Waals surface area contributed by atoms with Gasteiger partial charge in [-0.1, -0.05) is 11.6 Å². The molecule has 0 aliphatic carbocycles. The number of carbonyl (C=O) groups is 1. The normalized spacial score (nSPS) is 10.8. The van der Waals surface area contributed by atoms with Gasteiger partial charge in [0, 0.05) is 44.6 Å². The number of anilines is 1. The van der Waals surface area contributed by atoms with Gasteiger partial charge in [0.1, 0.15) is 5.69 Å². The number of pyridine rings is 2. The highest BCUT2D eigenvalue weighted by atomic mass is 35.5. The van der Waals surface area contributed by atoms with Crippen LogP contribution in [0.5, 0.6) is 0 Å². The second kappa shape index (κ2) is 10.8. The Morgan fingerprint density at radius 1 is 1.08 bits per heavy atom. The van der Waals surface area contributed by atoms with Gasteiger partial charge < -0.3 is 9.30 Å². The van der Waals surface area contributed by atoms with E-state index >= 15 is 0 Å². The van der Waals surface area contributed by atoms with Crippen LogP contribution >= 0.6 is 11.6 Å². The number of sulfonamides is 1. The van der Waals surface area contributed by atoms with Crippen LogP contribution in [0, 0.1) is 32.1 Å². The molecule has 0 aliphatic heterocycles. The Labute approximate surface area is 215 Å². The van der Waals surface area contributed by atoms with E-state index in [2.05, 4.69) is 9.97 Å². The highest BCUT2D eigenvalue weighted by Crippen LogP contribution is 2.21. The fraction of sp³-hybridized carbons (Fsp3) is 0.200. The van der Waals surface area contributed by atoms with Crippen LogP contribution in [0.15, 0.2) is 60.0 Å². The average molecular weight is 525 g/mol. The van der Waals surface area contributed by atoms with Gasteiger partial charge in [0.05, 0.1) is 21.6 Å². The van der Waals surface area contributed by atoms with Gasteiger partial charge in [-0.2, -0.15) is 5.26 Å². The maximum absolute atomic E-state index is 12.6. The summed E-state index contributed by atoms with van der Waals surface area (Å²) in [5, 5.41) is 9.41. The first-order chi connectivity index (χ1) is 16.9. The second-order valence-electron chi connectivity index (χ2n) is 8.30. The first kappa shape index (κ1) is 26.7. The Morgan fingerprint density at radius 2 is 1.75 bits per heavy atom. The maximum Gasteiger partial charge on any atom is 0.285 e. The lowest BCUT2D eigenvalue weighted by atomic mass is 10.1. The zero-order chi connectivity index (χ0) is 26.6. The zero-order valence-corrected chi connectivity index (χ0v) is 22.0. The van der Waals surface area contributed by atoms with E-state index in [0.717, 1.165) is 5.56 Å². The molecule has 0 saturated carbocycles. The summed E-state index contributed by atoms with van der Waals surface area (Å²) >= 11 is 6.12. The van der Waals surface area contributed by atoms with E-state index < -0.39 is 15.9 Å². The molecule has 3 heterocycles. The van der Waals surface area contributed by atoms with Crippen LogP contribution in [0.2, 0.25) is 5.02 Å². The van der Waals surface area contributed by atoms with Crippen LogP contribution < -0.4 is 9.62 Å². The number of hydrogen-bond donors (Lipinski definition) is 1. The van der Waals surface area contributed by atoms with E-state index in [0.29, 0.717) is 27.4 Å². The number of imidazole rings is 1. The molecule has 11 heteroatoms. The highest BCUT2D eigenvalue weighted by molar-refractivity contribution is 7.90. The molecule has 36 heavy (non-hydrogen) atoms. The Kier molecular flexibility index (Phi) is 7.97. The number of nitriles is 1. The number of amides is 1. The summed E-state index contributed by atoms with van der Waals surface area (Å²) in [7, 11) is -0.114. The molecule has 4 rings (SSSR count). The lowest BCUT2D eigenvalue weighted by Crippen LogP contribution is -2.31. The van der Waals surface area contributed by atoms with Gasteiger partial charge in [-0.05, 0) is 67.8 Å². The minimum atomic E-state index is -4.13. The Bertz CT molecular complexity index is 1580. The largest absolute Gasteiger partial charge is 0.378 e. The predicted octanol–water partition coefficient (Wildman–Crippen LogP) is 4.05. The predicted molar refractivity (Wildman–Crippen MR) is 139 cm³/mol. The number of hydrogen-bond acceptors (Lipinski definition) is 7. The number of benzene rings is 1. The van der Waals surface area contributed by atoms with E-state index in [9.17, 15) is 13.2 Å². The van der Waals surface area contributed by atoms with Crippen LogP contribution in [0.4, 0.5) is 5.69 Å². The van der Waals surface area contributed by atoms with Crippen LogP contribution in [-0.4, -0.2) is 42.8 Å². The van der Waals surface area contributed by atoms with Crippen molar-refractivity contribution in [3.8, 4) is 6.07 Å². The zero-order valence-electron chi connectivity index (χ0n) is 20.4. The maximum atomic E-state index is 12.6. The number of fused-ring (bicyclic) bond motifs is 1. The van der Waals surface area contributed by atoms with Gasteiger partial charge in [-0.15, -0.1) is 0 Å². The molecule has 0 bridgehead atoms. The lowest BCUT2D eigenvalue weighted by molar-refractivity contribution is 0.0977. The van der Waals surface area contributed by atoms with Gasteiger partial charge in [-0.3, -0.25) is 9.78 Å². The third kappa shape index (κ3) is 6.00. The van der Waals surface area contributed by atoms with Crippen molar-refractivity contribution < 1.29 is 13.2 Å². The van der Waals surface area contributed by atoms with E-state index in [1.807, 2.05) is 48.8 Å². The number of nitrogens with one attached hydrogen (secondary N) is 1. The molecule has 0 spiro atoms. The van der Waals surface area contributed by atoms with E-state index in [1.54, 1.807) is 42.9 Å². The van der Waals surface area contributed by atoms with Crippen LogP contribution in [0.1, 0.15) is 32.7 Å². The molecule has 186 valence electrons. The van der Waals surface area contributed by atoms with Crippen molar-refractivity contribution in [2.24, 2.45) is 0 Å². The monoisotopic (exact) mass is 524 g/mol. The van der Waals surface area contributed by atoms with Crippen LogP contribution in [0.25, 0.3) is 5.65 Å². The van der Waals surface area contributed by atoms with Crippen molar-refractivity contribution in [2.45, 2.75) is 25.7 Å². The first-order valence-corrected chi connectivity index (χ1v) is 12.6. The average Bonchev–Trinajstić information content (AvgIpc) is 3.25. The minimum absolute atomic E-state index is 0.0648. The molecule has 1 aromatic carbocycles. The van der Waals surface area contributed by atoms with E-state index in [-0.39, 0.29) is 10.6 Å². The third-order valence-electron chi connectivity index (χ3n) is 5.21. The van der Waals surface area contributed by atoms with Gasteiger partial charge in [0.25, 0.3) is 15.9 Å². The van der Waals surface area contributed by atoms with Crippen molar-refractivity contribution in [2.75, 3.05) is 19.0 Å². The summed E-state index contributed by atoms with van der Waals surface area (Å²) in [4.78, 5) is 22.4. The molecule has 0 unspecified atom stereocenters. The van der Waals surface area contributed by atoms with Crippen molar-refractivity contribution in [3.05, 3.63) is 88.1 Å². The first-order valence-electron chi connectivity index (χ1n) is 10.7. The molecule has 9 nitrogen and oxygen atoms in total. The van der Waals surface area contributed by atoms with Gasteiger partial charge in [0.2, 0.25) is 0 Å². The quantitative estimate of drug-likeness (QED) is 0.427. The second-order valence-corrected chi connectivity index (χ2v) is 10.4. The van der Waals surface area contributed by atoms with Gasteiger partial charge in [0.15, 0.2) is 5.65 Å². The number of nitrogens with zero attached hydrogens (tertiary/aromatic N) is 5. The molecule has 0 fully saturated rings. The van der Waals surface area contributed by atoms with Crippen molar-refractivity contribution in [3.63, 3.8) is 0 Å². The van der Waals surface area contributed by atoms with Crippen LogP contribution in [-0.2, 0) is 10.0 Å². The van der Waals surface area contributed by atoms with Crippen molar-refractivity contribution >= 4 is 38.9 Å². The number of carbonyl (C=O) groups excluding carboxylic acids is 1. The summed E-state index contributed by atoms with van der Waals surface area (Å²) in [6, 6.07) is 10.5. The Balaban J connectivity index is 0.000000338. The Hall–Kier alpha value is -3.94. The Morgan fingerprint density at radius 3 is 2.33 bits per heavy atom. The third-order valence-corrected chi connectivity index (χ3v) is 6.96. The molecule has 0 aliphatic rings. The summed E-state index contributed by atoms with van der Waals surface area (Å²) in [5.41, 5.74) is 3.59. The van der Waals surface area contributed by atoms with Crippen LogP contribution in [0.3, 0.4) is 0 Å². The van der Waals surface area contributed by atoms with E-state index in [4.69, 9.17) is 16.9 Å². The minimum Gasteiger partial charge on any atom is -0.378 e. The summed E-state index contributed by atoms with van der Waals surface area (Å²) < 4.78 is 28.9. The summed E-state index contributed by atoms with van der Waals surface area (Å²) in [6.07, 6.45) is 6.72. The standard InChI is InChI=1S/C18H15ClN4O3S.C7H10N2/c1-10-4-14(19)17-21-15(9-23(17)8-10)18(24)22-27(25,26)16-6-11(2)13(7-20)5-12(16)3;1-9(2)7-3-5-8-6-4-7/h4-6,8-9H,1-3H3,(H,22,24);3-6H,1-2H3. The fourth-order valence-electron chi connectivity index (χ4n) is 3.37. The summed E-state index contributed by atoms with van der Waals surface area (Å²) in [6.45, 7) is 5.03. The SMILES string of the molecule is CN(C)c1ccncc1.Cc1cc(Cl)c2nc(C(=O)NS(=O)(=O)c3cc(C)c(C#N)cc3C)cn2c1. The smallest absolute Gasteiger partial charge is 0.285 e. The van der Waals surface area contributed by atoms with Crippen molar-refractivity contribution in [1.29, 1.82) is 5.26 Å². The molecule has 0 atom stereocenters. The number of rotatable bonds is 4. The molecule has 3 aromatic heterocycles. The molecule has 0 radical (unpaired) electrons. The number of halogens is 1. The highest BCUT2D eigenvalue weighted by Gasteiger charge is 2.23. The van der Waals surface area contributed by atoms with E-state index in [1.165, 1.54) is 24.0 Å². The van der Waals surface area contributed by atoms with Crippen molar-refractivity contribution in [1.82, 2.24) is 19.1 Å². The number of aryl methyl sites for hydroxylation is 3. The fourth-order valence-corrected chi connectivity index (χ4v) is 4.96. The molecule has 4 aromatic rings. The lowest BCUT2D eigenvalue weighted by Gasteiger charge is -2.10. The molecule has 0 saturated heterocycles. The molecule has 1 amide bonds. The molecule has 1 N–H and O–H groups in total. The number of aromatic nitrogens is 3. The summed E-state index contributed by atoms with van der Waals surface area (Å²) in [5.74, 6) is -0.867. The molecular weight excluding hydrogens is 500 g/mol.